The monoisotopic (exact) mass is 347 g/mol. The van der Waals surface area contributed by atoms with Crippen molar-refractivity contribution in [1.29, 1.82) is 0 Å². The Hall–Kier alpha value is -3.41. The number of rotatable bonds is 6. The second kappa shape index (κ2) is 7.23. The van der Waals surface area contributed by atoms with E-state index in [0.717, 1.165) is 16.7 Å². The van der Waals surface area contributed by atoms with Gasteiger partial charge in [0.2, 0.25) is 11.7 Å². The lowest BCUT2D eigenvalue weighted by Gasteiger charge is -2.08. The highest BCUT2D eigenvalue weighted by Crippen LogP contribution is 2.30. The van der Waals surface area contributed by atoms with Crippen molar-refractivity contribution in [2.45, 2.75) is 13.5 Å². The molecule has 0 aliphatic carbocycles. The molecule has 2 heterocycles. The molecule has 4 aromatic rings. The summed E-state index contributed by atoms with van der Waals surface area (Å²) in [4.78, 5) is 8.99. The van der Waals surface area contributed by atoms with E-state index in [4.69, 9.17) is 14.0 Å². The first-order chi connectivity index (χ1) is 12.8. The van der Waals surface area contributed by atoms with E-state index in [2.05, 4.69) is 15.1 Å². The van der Waals surface area contributed by atoms with Gasteiger partial charge < -0.3 is 14.0 Å². The van der Waals surface area contributed by atoms with Gasteiger partial charge in [0, 0.05) is 5.39 Å². The number of hydrogen-bond donors (Lipinski definition) is 0. The van der Waals surface area contributed by atoms with E-state index < -0.39 is 0 Å². The van der Waals surface area contributed by atoms with Crippen LogP contribution in [-0.4, -0.2) is 21.7 Å². The molecule has 0 N–H and O–H groups in total. The summed E-state index contributed by atoms with van der Waals surface area (Å²) in [6.07, 6.45) is 0. The van der Waals surface area contributed by atoms with Gasteiger partial charge in [-0.15, -0.1) is 0 Å². The van der Waals surface area contributed by atoms with E-state index in [1.165, 1.54) is 0 Å². The molecule has 4 rings (SSSR count). The third-order valence-electron chi connectivity index (χ3n) is 3.78. The van der Waals surface area contributed by atoms with Crippen LogP contribution in [0.15, 0.2) is 65.2 Å². The van der Waals surface area contributed by atoms with Crippen molar-refractivity contribution in [2.75, 3.05) is 6.61 Å². The van der Waals surface area contributed by atoms with Gasteiger partial charge >= 0.3 is 0 Å². The van der Waals surface area contributed by atoms with Crippen LogP contribution in [0.5, 0.6) is 11.6 Å². The molecule has 0 aliphatic rings. The Balaban J connectivity index is 1.62. The second-order valence-electron chi connectivity index (χ2n) is 5.58. The highest BCUT2D eigenvalue weighted by Gasteiger charge is 2.16. The molecule has 130 valence electrons. The van der Waals surface area contributed by atoms with Gasteiger partial charge in [0.15, 0.2) is 6.61 Å². The number of para-hydroxylation sites is 2. The van der Waals surface area contributed by atoms with E-state index in [1.807, 2.05) is 67.6 Å². The summed E-state index contributed by atoms with van der Waals surface area (Å²) in [6, 6.07) is 19.3. The van der Waals surface area contributed by atoms with Crippen LogP contribution in [0.1, 0.15) is 12.8 Å². The zero-order chi connectivity index (χ0) is 17.8. The fourth-order valence-electron chi connectivity index (χ4n) is 2.59. The maximum absolute atomic E-state index is 5.67. The van der Waals surface area contributed by atoms with Gasteiger partial charge in [-0.1, -0.05) is 41.6 Å². The van der Waals surface area contributed by atoms with Crippen LogP contribution in [0.3, 0.4) is 0 Å². The minimum absolute atomic E-state index is 0.196. The molecule has 0 atom stereocenters. The molecule has 0 fully saturated rings. The Morgan fingerprint density at radius 3 is 2.58 bits per heavy atom. The first-order valence-corrected chi connectivity index (χ1v) is 8.37. The van der Waals surface area contributed by atoms with Crippen molar-refractivity contribution in [3.05, 3.63) is 66.6 Å². The van der Waals surface area contributed by atoms with Crippen molar-refractivity contribution in [3.8, 4) is 23.0 Å². The maximum atomic E-state index is 5.67. The molecule has 0 saturated carbocycles. The molecule has 0 aliphatic heterocycles. The molecular formula is C20H17N3O3. The number of fused-ring (bicyclic) bond motifs is 1. The first-order valence-electron chi connectivity index (χ1n) is 8.37. The molecule has 2 aromatic heterocycles. The molecule has 0 unspecified atom stereocenters. The van der Waals surface area contributed by atoms with E-state index in [-0.39, 0.29) is 6.61 Å². The van der Waals surface area contributed by atoms with Crippen molar-refractivity contribution in [2.24, 2.45) is 0 Å². The third kappa shape index (κ3) is 3.35. The summed E-state index contributed by atoms with van der Waals surface area (Å²) in [5.41, 5.74) is 1.55. The number of nitrogens with zero attached hydrogens (tertiary/aromatic N) is 3. The van der Waals surface area contributed by atoms with Gasteiger partial charge in [0.1, 0.15) is 5.75 Å². The molecule has 26 heavy (non-hydrogen) atoms. The Labute approximate surface area is 150 Å². The second-order valence-corrected chi connectivity index (χ2v) is 5.58. The summed E-state index contributed by atoms with van der Waals surface area (Å²) < 4.78 is 16.6. The minimum Gasteiger partial charge on any atom is -0.484 e. The number of hydrogen-bond acceptors (Lipinski definition) is 6. The third-order valence-corrected chi connectivity index (χ3v) is 3.78. The van der Waals surface area contributed by atoms with Crippen LogP contribution in [0.2, 0.25) is 0 Å². The zero-order valence-corrected chi connectivity index (χ0v) is 14.3. The molecule has 0 radical (unpaired) electrons. The van der Waals surface area contributed by atoms with Gasteiger partial charge in [0.25, 0.3) is 5.89 Å². The average molecular weight is 347 g/mol. The molecule has 0 spiro atoms. The van der Waals surface area contributed by atoms with Gasteiger partial charge in [-0.2, -0.15) is 4.98 Å². The fourth-order valence-corrected chi connectivity index (χ4v) is 2.59. The summed E-state index contributed by atoms with van der Waals surface area (Å²) in [5, 5.41) is 5.05. The summed E-state index contributed by atoms with van der Waals surface area (Å²) in [7, 11) is 0. The average Bonchev–Trinajstić information content (AvgIpc) is 3.16. The number of aromatic nitrogens is 3. The van der Waals surface area contributed by atoms with Crippen molar-refractivity contribution in [3.63, 3.8) is 0 Å². The minimum atomic E-state index is 0.196. The highest BCUT2D eigenvalue weighted by atomic mass is 16.5. The lowest BCUT2D eigenvalue weighted by molar-refractivity contribution is 0.243. The van der Waals surface area contributed by atoms with E-state index >= 15 is 0 Å². The van der Waals surface area contributed by atoms with Gasteiger partial charge in [-0.05, 0) is 31.2 Å². The lowest BCUT2D eigenvalue weighted by Crippen LogP contribution is -1.99. The van der Waals surface area contributed by atoms with Crippen molar-refractivity contribution in [1.82, 2.24) is 15.1 Å². The lowest BCUT2D eigenvalue weighted by atomic mass is 10.1. The normalized spacial score (nSPS) is 10.8. The van der Waals surface area contributed by atoms with Gasteiger partial charge in [-0.3, -0.25) is 0 Å². The SMILES string of the molecule is CCOc1nc2ccccc2cc1-c1noc(COc2ccccc2)n1. The Kier molecular flexibility index (Phi) is 4.47. The largest absolute Gasteiger partial charge is 0.484 e. The predicted molar refractivity (Wildman–Crippen MR) is 97.0 cm³/mol. The van der Waals surface area contributed by atoms with Gasteiger partial charge in [-0.25, -0.2) is 4.98 Å². The molecule has 2 aromatic carbocycles. The van der Waals surface area contributed by atoms with Crippen LogP contribution in [-0.2, 0) is 6.61 Å². The number of benzene rings is 2. The van der Waals surface area contributed by atoms with Crippen LogP contribution in [0.4, 0.5) is 0 Å². The molecular weight excluding hydrogens is 330 g/mol. The standard InChI is InChI=1S/C20H17N3O3/c1-2-24-20-16(12-14-8-6-7-11-17(14)21-20)19-22-18(26-23-19)13-25-15-9-4-3-5-10-15/h3-12H,2,13H2,1H3. The van der Waals surface area contributed by atoms with Crippen molar-refractivity contribution >= 4 is 10.9 Å². The Morgan fingerprint density at radius 1 is 0.923 bits per heavy atom. The highest BCUT2D eigenvalue weighted by molar-refractivity contribution is 5.84. The molecule has 6 nitrogen and oxygen atoms in total. The number of pyridine rings is 1. The maximum Gasteiger partial charge on any atom is 0.264 e. The van der Waals surface area contributed by atoms with Crippen LogP contribution in [0, 0.1) is 0 Å². The molecule has 0 amide bonds. The van der Waals surface area contributed by atoms with E-state index in [0.29, 0.717) is 29.8 Å². The van der Waals surface area contributed by atoms with Crippen LogP contribution in [0.25, 0.3) is 22.3 Å². The topological polar surface area (TPSA) is 70.3 Å². The Morgan fingerprint density at radius 2 is 1.73 bits per heavy atom. The number of ether oxygens (including phenoxy) is 2. The molecule has 0 bridgehead atoms. The van der Waals surface area contributed by atoms with E-state index in [9.17, 15) is 0 Å². The first kappa shape index (κ1) is 16.1. The van der Waals surface area contributed by atoms with Gasteiger partial charge in [0.05, 0.1) is 17.7 Å². The zero-order valence-electron chi connectivity index (χ0n) is 14.3. The smallest absolute Gasteiger partial charge is 0.264 e. The molecule has 6 heteroatoms. The van der Waals surface area contributed by atoms with Crippen LogP contribution >= 0.6 is 0 Å². The summed E-state index contributed by atoms with van der Waals surface area (Å²) >= 11 is 0. The summed E-state index contributed by atoms with van der Waals surface area (Å²) in [5.74, 6) is 2.05. The Bertz CT molecular complexity index is 1020. The predicted octanol–water partition coefficient (Wildman–Crippen LogP) is 4.26. The van der Waals surface area contributed by atoms with Crippen molar-refractivity contribution < 1.29 is 14.0 Å². The quantitative estimate of drug-likeness (QED) is 0.519. The summed E-state index contributed by atoms with van der Waals surface area (Å²) in [6.45, 7) is 2.61. The van der Waals surface area contributed by atoms with E-state index in [1.54, 1.807) is 0 Å². The van der Waals surface area contributed by atoms with Crippen LogP contribution < -0.4 is 9.47 Å². The molecule has 0 saturated heterocycles. The fraction of sp³-hybridized carbons (Fsp3) is 0.150.